The lowest BCUT2D eigenvalue weighted by molar-refractivity contribution is -0.117. The van der Waals surface area contributed by atoms with Crippen molar-refractivity contribution >= 4 is 41.8 Å². The number of hydrogen-bond acceptors (Lipinski definition) is 4. The Morgan fingerprint density at radius 2 is 2.28 bits per heavy atom. The van der Waals surface area contributed by atoms with Crippen molar-refractivity contribution in [1.29, 1.82) is 0 Å². The van der Waals surface area contributed by atoms with E-state index in [1.807, 2.05) is 0 Å². The predicted molar refractivity (Wildman–Crippen MR) is 72.5 cm³/mol. The monoisotopic (exact) mass is 285 g/mol. The van der Waals surface area contributed by atoms with E-state index in [-0.39, 0.29) is 11.2 Å². The summed E-state index contributed by atoms with van der Waals surface area (Å²) in [6.45, 7) is 0.480. The van der Waals surface area contributed by atoms with Gasteiger partial charge in [0.25, 0.3) is 0 Å². The largest absolute Gasteiger partial charge is 0.465 e. The second-order valence-corrected chi connectivity index (χ2v) is 5.18. The molecule has 0 aromatic heterocycles. The van der Waals surface area contributed by atoms with Crippen LogP contribution < -0.4 is 4.90 Å². The zero-order valence-electron chi connectivity index (χ0n) is 9.72. The third kappa shape index (κ3) is 2.47. The van der Waals surface area contributed by atoms with Gasteiger partial charge in [0.1, 0.15) is 0 Å². The van der Waals surface area contributed by atoms with E-state index in [1.165, 1.54) is 13.2 Å². The van der Waals surface area contributed by atoms with E-state index in [2.05, 4.69) is 12.6 Å². The summed E-state index contributed by atoms with van der Waals surface area (Å²) in [7, 11) is 1.29. The summed E-state index contributed by atoms with van der Waals surface area (Å²) >= 11 is 10.1. The highest BCUT2D eigenvalue weighted by Gasteiger charge is 2.31. The fourth-order valence-corrected chi connectivity index (χ4v) is 2.43. The number of hydrogen-bond donors (Lipinski definition) is 1. The van der Waals surface area contributed by atoms with Crippen LogP contribution in [0.4, 0.5) is 5.69 Å². The molecule has 1 heterocycles. The minimum atomic E-state index is -0.511. The lowest BCUT2D eigenvalue weighted by Gasteiger charge is -2.19. The first-order valence-electron chi connectivity index (χ1n) is 5.39. The van der Waals surface area contributed by atoms with Crippen molar-refractivity contribution in [3.05, 3.63) is 28.8 Å². The molecule has 0 saturated carbocycles. The molecule has 18 heavy (non-hydrogen) atoms. The fraction of sp³-hybridized carbons (Fsp3) is 0.333. The Morgan fingerprint density at radius 1 is 1.56 bits per heavy atom. The van der Waals surface area contributed by atoms with E-state index >= 15 is 0 Å². The molecule has 0 bridgehead atoms. The number of thiol groups is 1. The molecule has 4 nitrogen and oxygen atoms in total. The van der Waals surface area contributed by atoms with Crippen LogP contribution in [0.1, 0.15) is 16.8 Å². The van der Waals surface area contributed by atoms with Crippen molar-refractivity contribution in [3.8, 4) is 0 Å². The molecule has 0 aliphatic carbocycles. The molecule has 6 heteroatoms. The highest BCUT2D eigenvalue weighted by atomic mass is 35.5. The number of halogens is 1. The van der Waals surface area contributed by atoms with Gasteiger partial charge < -0.3 is 9.64 Å². The minimum Gasteiger partial charge on any atom is -0.465 e. The zero-order chi connectivity index (χ0) is 13.3. The fourth-order valence-electron chi connectivity index (χ4n) is 1.94. The lowest BCUT2D eigenvalue weighted by atomic mass is 10.1. The van der Waals surface area contributed by atoms with Gasteiger partial charge in [-0.25, -0.2) is 4.79 Å². The first kappa shape index (κ1) is 13.2. The lowest BCUT2D eigenvalue weighted by Crippen LogP contribution is -2.26. The molecule has 1 atom stereocenters. The molecule has 0 spiro atoms. The summed E-state index contributed by atoms with van der Waals surface area (Å²) in [5.41, 5.74) is 0.814. The topological polar surface area (TPSA) is 46.6 Å². The average Bonchev–Trinajstić information content (AvgIpc) is 2.67. The highest BCUT2D eigenvalue weighted by molar-refractivity contribution is 7.81. The maximum Gasteiger partial charge on any atom is 0.340 e. The molecule has 2 rings (SSSR count). The molecular formula is C12H12ClNO3S. The third-order valence-electron chi connectivity index (χ3n) is 2.76. The molecule has 1 unspecified atom stereocenters. The molecule has 1 amide bonds. The molecule has 1 aliphatic heterocycles. The number of rotatable bonds is 2. The van der Waals surface area contributed by atoms with E-state index in [9.17, 15) is 9.59 Å². The molecule has 1 saturated heterocycles. The number of ether oxygens (including phenoxy) is 1. The molecule has 96 valence electrons. The van der Waals surface area contributed by atoms with Crippen LogP contribution in [0.2, 0.25) is 5.02 Å². The summed E-state index contributed by atoms with van der Waals surface area (Å²) in [5.74, 6) is -0.564. The zero-order valence-corrected chi connectivity index (χ0v) is 11.4. The minimum absolute atomic E-state index is 0.0151. The Kier molecular flexibility index (Phi) is 3.82. The van der Waals surface area contributed by atoms with Crippen molar-refractivity contribution in [3.63, 3.8) is 0 Å². The molecule has 0 N–H and O–H groups in total. The number of amides is 1. The van der Waals surface area contributed by atoms with Gasteiger partial charge in [-0.1, -0.05) is 11.6 Å². The third-order valence-corrected chi connectivity index (χ3v) is 3.34. The van der Waals surface area contributed by atoms with Crippen LogP contribution in [-0.2, 0) is 9.53 Å². The summed E-state index contributed by atoms with van der Waals surface area (Å²) < 4.78 is 4.70. The Balaban J connectivity index is 2.44. The Morgan fingerprint density at radius 3 is 2.83 bits per heavy atom. The predicted octanol–water partition coefficient (Wildman–Crippen LogP) is 2.16. The van der Waals surface area contributed by atoms with Crippen LogP contribution in [0.5, 0.6) is 0 Å². The number of carbonyl (C=O) groups excluding carboxylic acids is 2. The number of methoxy groups -OCH3 is 1. The SMILES string of the molecule is COC(=O)c1cc(Cl)ccc1N1CC(S)CC1=O. The van der Waals surface area contributed by atoms with Crippen LogP contribution >= 0.6 is 24.2 Å². The van der Waals surface area contributed by atoms with Crippen LogP contribution in [-0.4, -0.2) is 30.8 Å². The van der Waals surface area contributed by atoms with Gasteiger partial charge in [0.05, 0.1) is 18.4 Å². The molecule has 1 aromatic rings. The molecule has 1 aliphatic rings. The molecule has 1 fully saturated rings. The number of benzene rings is 1. The number of esters is 1. The van der Waals surface area contributed by atoms with Crippen LogP contribution in [0.3, 0.4) is 0 Å². The molecule has 1 aromatic carbocycles. The van der Waals surface area contributed by atoms with Crippen LogP contribution in [0.15, 0.2) is 18.2 Å². The van der Waals surface area contributed by atoms with E-state index in [0.717, 1.165) is 0 Å². The van der Waals surface area contributed by atoms with Gasteiger partial charge in [-0.05, 0) is 18.2 Å². The van der Waals surface area contributed by atoms with Crippen molar-refractivity contribution in [2.45, 2.75) is 11.7 Å². The quantitative estimate of drug-likeness (QED) is 0.669. The summed E-state index contributed by atoms with van der Waals surface area (Å²) in [6, 6.07) is 4.79. The first-order chi connectivity index (χ1) is 8.52. The van der Waals surface area contributed by atoms with E-state index in [4.69, 9.17) is 16.3 Å². The highest BCUT2D eigenvalue weighted by Crippen LogP contribution is 2.29. The van der Waals surface area contributed by atoms with E-state index < -0.39 is 5.97 Å². The van der Waals surface area contributed by atoms with Gasteiger partial charge in [0, 0.05) is 23.2 Å². The second-order valence-electron chi connectivity index (χ2n) is 4.02. The van der Waals surface area contributed by atoms with Crippen LogP contribution in [0.25, 0.3) is 0 Å². The van der Waals surface area contributed by atoms with Crippen molar-refractivity contribution < 1.29 is 14.3 Å². The van der Waals surface area contributed by atoms with Gasteiger partial charge in [-0.3, -0.25) is 4.79 Å². The summed E-state index contributed by atoms with van der Waals surface area (Å²) in [5, 5.41) is 0.409. The van der Waals surface area contributed by atoms with Crippen molar-refractivity contribution in [1.82, 2.24) is 0 Å². The summed E-state index contributed by atoms with van der Waals surface area (Å²) in [6.07, 6.45) is 0.367. The summed E-state index contributed by atoms with van der Waals surface area (Å²) in [4.78, 5) is 25.1. The maximum atomic E-state index is 11.8. The van der Waals surface area contributed by atoms with Crippen molar-refractivity contribution in [2.24, 2.45) is 0 Å². The van der Waals surface area contributed by atoms with Gasteiger partial charge in [0.15, 0.2) is 0 Å². The molecule has 0 radical (unpaired) electrons. The van der Waals surface area contributed by atoms with Gasteiger partial charge in [-0.15, -0.1) is 0 Å². The van der Waals surface area contributed by atoms with Gasteiger partial charge in [-0.2, -0.15) is 12.6 Å². The van der Waals surface area contributed by atoms with Crippen molar-refractivity contribution in [2.75, 3.05) is 18.6 Å². The van der Waals surface area contributed by atoms with E-state index in [0.29, 0.717) is 29.2 Å². The molecular weight excluding hydrogens is 274 g/mol. The maximum absolute atomic E-state index is 11.8. The smallest absolute Gasteiger partial charge is 0.340 e. The van der Waals surface area contributed by atoms with Crippen LogP contribution in [0, 0.1) is 0 Å². The Bertz CT molecular complexity index is 506. The number of nitrogens with zero attached hydrogens (tertiary/aromatic N) is 1. The number of anilines is 1. The van der Waals surface area contributed by atoms with E-state index in [1.54, 1.807) is 17.0 Å². The Labute approximate surface area is 115 Å². The van der Waals surface area contributed by atoms with Gasteiger partial charge >= 0.3 is 5.97 Å². The normalized spacial score (nSPS) is 19.2. The average molecular weight is 286 g/mol. The second kappa shape index (κ2) is 5.20. The first-order valence-corrected chi connectivity index (χ1v) is 6.28. The Hall–Kier alpha value is -1.20. The standard InChI is InChI=1S/C12H12ClNO3S/c1-17-12(16)9-4-7(13)2-3-10(9)14-6-8(18)5-11(14)15/h2-4,8,18H,5-6H2,1H3. The number of carbonyl (C=O) groups is 2. The van der Waals surface area contributed by atoms with Gasteiger partial charge in [0.2, 0.25) is 5.91 Å².